The maximum absolute atomic E-state index is 10.8. The van der Waals surface area contributed by atoms with Crippen molar-refractivity contribution in [3.05, 3.63) is 36.0 Å². The summed E-state index contributed by atoms with van der Waals surface area (Å²) in [6.07, 6.45) is 2.55. The van der Waals surface area contributed by atoms with Gasteiger partial charge in [-0.2, -0.15) is 4.73 Å². The highest BCUT2D eigenvalue weighted by molar-refractivity contribution is 5.97. The van der Waals surface area contributed by atoms with Gasteiger partial charge in [0.25, 0.3) is 0 Å². The fraction of sp³-hybridized carbons (Fsp3) is 0.182. The molecule has 1 aromatic heterocycles. The third kappa shape index (κ3) is 1.27. The van der Waals surface area contributed by atoms with Gasteiger partial charge in [0, 0.05) is 10.9 Å². The summed E-state index contributed by atoms with van der Waals surface area (Å²) in [5, 5.41) is 0.927. The highest BCUT2D eigenvalue weighted by Crippen LogP contribution is 2.18. The summed E-state index contributed by atoms with van der Waals surface area (Å²) in [4.78, 5) is 16.1. The molecular formula is C11H11NO2. The van der Waals surface area contributed by atoms with Gasteiger partial charge < -0.3 is 4.84 Å². The van der Waals surface area contributed by atoms with Gasteiger partial charge in [-0.1, -0.05) is 18.2 Å². The molecule has 0 atom stereocenters. The summed E-state index contributed by atoms with van der Waals surface area (Å²) in [6, 6.07) is 7.67. The highest BCUT2D eigenvalue weighted by Gasteiger charge is 2.06. The maximum atomic E-state index is 10.8. The van der Waals surface area contributed by atoms with Gasteiger partial charge >= 0.3 is 0 Å². The molecule has 0 fully saturated rings. The van der Waals surface area contributed by atoms with Crippen molar-refractivity contribution in [2.75, 3.05) is 6.61 Å². The number of para-hydroxylation sites is 1. The van der Waals surface area contributed by atoms with E-state index in [1.807, 2.05) is 31.2 Å². The molecule has 3 heteroatoms. The Labute approximate surface area is 81.9 Å². The normalized spacial score (nSPS) is 10.4. The van der Waals surface area contributed by atoms with Crippen LogP contribution in [0.1, 0.15) is 17.3 Å². The number of aromatic nitrogens is 1. The maximum Gasteiger partial charge on any atom is 0.152 e. The number of aldehydes is 1. The van der Waals surface area contributed by atoms with Gasteiger partial charge in [-0.25, -0.2) is 0 Å². The van der Waals surface area contributed by atoms with Crippen molar-refractivity contribution in [2.24, 2.45) is 0 Å². The van der Waals surface area contributed by atoms with Crippen LogP contribution in [-0.2, 0) is 0 Å². The first kappa shape index (κ1) is 8.81. The lowest BCUT2D eigenvalue weighted by atomic mass is 10.2. The zero-order chi connectivity index (χ0) is 9.97. The van der Waals surface area contributed by atoms with Crippen molar-refractivity contribution >= 4 is 17.2 Å². The predicted octanol–water partition coefficient (Wildman–Crippen LogP) is 1.90. The first-order valence-corrected chi connectivity index (χ1v) is 4.55. The molecule has 3 nitrogen and oxygen atoms in total. The summed E-state index contributed by atoms with van der Waals surface area (Å²) < 4.78 is 1.64. The van der Waals surface area contributed by atoms with Gasteiger partial charge in [-0.3, -0.25) is 4.79 Å². The van der Waals surface area contributed by atoms with Gasteiger partial charge in [0.2, 0.25) is 0 Å². The minimum Gasteiger partial charge on any atom is -0.414 e. The van der Waals surface area contributed by atoms with Crippen molar-refractivity contribution in [1.82, 2.24) is 4.73 Å². The molecule has 1 aromatic carbocycles. The summed E-state index contributed by atoms with van der Waals surface area (Å²) in [5.41, 5.74) is 1.59. The summed E-state index contributed by atoms with van der Waals surface area (Å²) >= 11 is 0. The minimum atomic E-state index is 0.580. The summed E-state index contributed by atoms with van der Waals surface area (Å²) in [6.45, 7) is 2.49. The second kappa shape index (κ2) is 3.54. The van der Waals surface area contributed by atoms with Crippen LogP contribution in [0, 0.1) is 0 Å². The van der Waals surface area contributed by atoms with Crippen molar-refractivity contribution < 1.29 is 9.63 Å². The lowest BCUT2D eigenvalue weighted by molar-refractivity contribution is 0.111. The summed E-state index contributed by atoms with van der Waals surface area (Å²) in [7, 11) is 0. The molecule has 0 radical (unpaired) electrons. The van der Waals surface area contributed by atoms with E-state index < -0.39 is 0 Å². The number of carbonyl (C=O) groups is 1. The Bertz CT molecular complexity index is 459. The Morgan fingerprint density at radius 3 is 2.93 bits per heavy atom. The fourth-order valence-corrected chi connectivity index (χ4v) is 1.52. The largest absolute Gasteiger partial charge is 0.414 e. The van der Waals surface area contributed by atoms with Crippen molar-refractivity contribution in [2.45, 2.75) is 6.92 Å². The van der Waals surface area contributed by atoms with Crippen molar-refractivity contribution in [3.63, 3.8) is 0 Å². The average molecular weight is 189 g/mol. The first-order valence-electron chi connectivity index (χ1n) is 4.55. The Hall–Kier alpha value is -1.77. The van der Waals surface area contributed by atoms with E-state index in [4.69, 9.17) is 4.84 Å². The number of nitrogens with zero attached hydrogens (tertiary/aromatic N) is 1. The number of carbonyl (C=O) groups excluding carboxylic acids is 1. The molecular weight excluding hydrogens is 178 g/mol. The van der Waals surface area contributed by atoms with Crippen LogP contribution in [0.2, 0.25) is 0 Å². The molecule has 0 aliphatic rings. The molecule has 14 heavy (non-hydrogen) atoms. The van der Waals surface area contributed by atoms with Crippen LogP contribution in [0.4, 0.5) is 0 Å². The second-order valence-electron chi connectivity index (χ2n) is 2.96. The van der Waals surface area contributed by atoms with Gasteiger partial charge in [-0.05, 0) is 13.0 Å². The predicted molar refractivity (Wildman–Crippen MR) is 54.4 cm³/mol. The monoisotopic (exact) mass is 189 g/mol. The third-order valence-corrected chi connectivity index (χ3v) is 2.10. The van der Waals surface area contributed by atoms with Gasteiger partial charge in [-0.15, -0.1) is 0 Å². The van der Waals surface area contributed by atoms with Crippen LogP contribution >= 0.6 is 0 Å². The van der Waals surface area contributed by atoms with Crippen LogP contribution in [0.3, 0.4) is 0 Å². The molecule has 0 unspecified atom stereocenters. The number of hydrogen-bond donors (Lipinski definition) is 0. The standard InChI is InChI=1S/C11H11NO2/c1-2-14-12-7-9(8-13)10-5-3-4-6-11(10)12/h3-8H,2H2,1H3. The van der Waals surface area contributed by atoms with E-state index in [2.05, 4.69) is 0 Å². The lowest BCUT2D eigenvalue weighted by Gasteiger charge is -2.03. The Balaban J connectivity index is 2.66. The van der Waals surface area contributed by atoms with E-state index >= 15 is 0 Å². The molecule has 1 heterocycles. The summed E-state index contributed by atoms with van der Waals surface area (Å²) in [5.74, 6) is 0. The van der Waals surface area contributed by atoms with Crippen molar-refractivity contribution in [1.29, 1.82) is 0 Å². The smallest absolute Gasteiger partial charge is 0.152 e. The Morgan fingerprint density at radius 1 is 1.43 bits per heavy atom. The Kier molecular flexibility index (Phi) is 2.23. The van der Waals surface area contributed by atoms with Gasteiger partial charge in [0.05, 0.1) is 11.7 Å². The van der Waals surface area contributed by atoms with Crippen LogP contribution in [0.5, 0.6) is 0 Å². The molecule has 0 saturated heterocycles. The van der Waals surface area contributed by atoms with Crippen LogP contribution in [-0.4, -0.2) is 17.6 Å². The van der Waals surface area contributed by atoms with E-state index in [0.29, 0.717) is 12.2 Å². The van der Waals surface area contributed by atoms with Gasteiger partial charge in [0.1, 0.15) is 6.61 Å². The molecule has 0 bridgehead atoms. The highest BCUT2D eigenvalue weighted by atomic mass is 16.7. The first-order chi connectivity index (χ1) is 6.86. The number of benzene rings is 1. The quantitative estimate of drug-likeness (QED) is 0.690. The zero-order valence-electron chi connectivity index (χ0n) is 7.93. The van der Waals surface area contributed by atoms with Crippen LogP contribution < -0.4 is 4.84 Å². The molecule has 72 valence electrons. The molecule has 2 rings (SSSR count). The zero-order valence-corrected chi connectivity index (χ0v) is 7.93. The van der Waals surface area contributed by atoms with Gasteiger partial charge in [0.15, 0.2) is 6.29 Å². The molecule has 0 aliphatic carbocycles. The minimum absolute atomic E-state index is 0.580. The third-order valence-electron chi connectivity index (χ3n) is 2.10. The molecule has 0 saturated carbocycles. The van der Waals surface area contributed by atoms with Crippen LogP contribution in [0.25, 0.3) is 10.9 Å². The van der Waals surface area contributed by atoms with E-state index in [1.54, 1.807) is 10.9 Å². The van der Waals surface area contributed by atoms with E-state index in [-0.39, 0.29) is 0 Å². The number of rotatable bonds is 3. The SMILES string of the molecule is CCOn1cc(C=O)c2ccccc21. The van der Waals surface area contributed by atoms with Crippen molar-refractivity contribution in [3.8, 4) is 0 Å². The number of fused-ring (bicyclic) bond motifs is 1. The van der Waals surface area contributed by atoms with E-state index in [9.17, 15) is 4.79 Å². The number of hydrogen-bond acceptors (Lipinski definition) is 2. The second-order valence-corrected chi connectivity index (χ2v) is 2.96. The average Bonchev–Trinajstić information content (AvgIpc) is 2.58. The Morgan fingerprint density at radius 2 is 2.21 bits per heavy atom. The fourth-order valence-electron chi connectivity index (χ4n) is 1.52. The topological polar surface area (TPSA) is 31.2 Å². The lowest BCUT2D eigenvalue weighted by Crippen LogP contribution is -2.08. The van der Waals surface area contributed by atoms with Crippen LogP contribution in [0.15, 0.2) is 30.5 Å². The molecule has 0 spiro atoms. The molecule has 2 aromatic rings. The molecule has 0 aliphatic heterocycles. The van der Waals surface area contributed by atoms with E-state index in [0.717, 1.165) is 17.2 Å². The van der Waals surface area contributed by atoms with E-state index in [1.165, 1.54) is 0 Å². The molecule has 0 amide bonds. The molecule has 0 N–H and O–H groups in total.